The van der Waals surface area contributed by atoms with Crippen LogP contribution in [0.5, 0.6) is 5.75 Å². The Hall–Kier alpha value is -1.06. The highest BCUT2D eigenvalue weighted by Gasteiger charge is 2.28. The molecule has 1 saturated heterocycles. The average Bonchev–Trinajstić information content (AvgIpc) is 2.56. The van der Waals surface area contributed by atoms with Gasteiger partial charge in [0.15, 0.2) is 0 Å². The van der Waals surface area contributed by atoms with E-state index >= 15 is 0 Å². The minimum atomic E-state index is 0.303. The molecule has 0 N–H and O–H groups in total. The Labute approximate surface area is 149 Å². The third-order valence-electron chi connectivity index (χ3n) is 5.16. The maximum atomic E-state index is 5.75. The number of unbranched alkanes of at least 4 members (excludes halogenated alkanes) is 1. The van der Waals surface area contributed by atoms with Crippen LogP contribution in [-0.2, 0) is 6.54 Å². The molecule has 1 aliphatic rings. The van der Waals surface area contributed by atoms with Crippen molar-refractivity contribution in [2.75, 3.05) is 26.7 Å². The van der Waals surface area contributed by atoms with E-state index in [0.29, 0.717) is 11.6 Å². The number of hydrogen-bond acceptors (Lipinski definition) is 3. The number of hydrogen-bond donors (Lipinski definition) is 0. The molecule has 1 fully saturated rings. The Morgan fingerprint density at radius 2 is 1.75 bits per heavy atom. The minimum absolute atomic E-state index is 0.303. The second-order valence-electron chi connectivity index (χ2n) is 8.15. The smallest absolute Gasteiger partial charge is 0.119 e. The van der Waals surface area contributed by atoms with Crippen LogP contribution in [0.25, 0.3) is 0 Å². The molecule has 0 aromatic heterocycles. The Balaban J connectivity index is 1.79. The summed E-state index contributed by atoms with van der Waals surface area (Å²) in [5.74, 6) is 0.994. The SMILES string of the molecule is CCCCOc1ccc(CN(C)C2CCN(C(C)(C)C)CC2)cc1. The quantitative estimate of drug-likeness (QED) is 0.681. The van der Waals surface area contributed by atoms with Crippen molar-refractivity contribution in [1.82, 2.24) is 9.80 Å². The fourth-order valence-corrected chi connectivity index (χ4v) is 3.42. The lowest BCUT2D eigenvalue weighted by atomic mass is 9.97. The van der Waals surface area contributed by atoms with Gasteiger partial charge < -0.3 is 4.74 Å². The van der Waals surface area contributed by atoms with E-state index in [4.69, 9.17) is 4.74 Å². The molecular weight excluding hydrogens is 296 g/mol. The number of likely N-dealkylation sites (tertiary alicyclic amines) is 1. The van der Waals surface area contributed by atoms with Gasteiger partial charge in [-0.3, -0.25) is 9.80 Å². The predicted molar refractivity (Wildman–Crippen MR) is 103 cm³/mol. The molecule has 2 rings (SSSR count). The first-order chi connectivity index (χ1) is 11.4. The number of nitrogens with zero attached hydrogens (tertiary/aromatic N) is 2. The van der Waals surface area contributed by atoms with Gasteiger partial charge in [-0.2, -0.15) is 0 Å². The molecule has 0 bridgehead atoms. The van der Waals surface area contributed by atoms with Crippen LogP contribution in [0.15, 0.2) is 24.3 Å². The normalized spacial score (nSPS) is 17.4. The average molecular weight is 333 g/mol. The number of benzene rings is 1. The lowest BCUT2D eigenvalue weighted by molar-refractivity contribution is 0.0632. The van der Waals surface area contributed by atoms with E-state index in [1.165, 1.54) is 37.9 Å². The van der Waals surface area contributed by atoms with Crippen molar-refractivity contribution in [2.24, 2.45) is 0 Å². The van der Waals surface area contributed by atoms with Crippen molar-refractivity contribution in [3.8, 4) is 5.75 Å². The van der Waals surface area contributed by atoms with Crippen LogP contribution in [0.3, 0.4) is 0 Å². The van der Waals surface area contributed by atoms with Crippen LogP contribution >= 0.6 is 0 Å². The molecule has 0 radical (unpaired) electrons. The van der Waals surface area contributed by atoms with E-state index in [1.54, 1.807) is 0 Å². The van der Waals surface area contributed by atoms with Crippen LogP contribution in [0.2, 0.25) is 0 Å². The first-order valence-corrected chi connectivity index (χ1v) is 9.57. The fraction of sp³-hybridized carbons (Fsp3) is 0.714. The third kappa shape index (κ3) is 5.78. The topological polar surface area (TPSA) is 15.7 Å². The Kier molecular flexibility index (Phi) is 7.12. The van der Waals surface area contributed by atoms with Crippen LogP contribution < -0.4 is 4.74 Å². The third-order valence-corrected chi connectivity index (χ3v) is 5.16. The van der Waals surface area contributed by atoms with Gasteiger partial charge in [-0.25, -0.2) is 0 Å². The molecule has 0 aliphatic carbocycles. The van der Waals surface area contributed by atoms with Gasteiger partial charge in [0, 0.05) is 31.2 Å². The van der Waals surface area contributed by atoms with Crippen LogP contribution in [-0.4, -0.2) is 48.1 Å². The second-order valence-corrected chi connectivity index (χ2v) is 8.15. The number of ether oxygens (including phenoxy) is 1. The van der Waals surface area contributed by atoms with Gasteiger partial charge in [0.25, 0.3) is 0 Å². The van der Waals surface area contributed by atoms with Crippen LogP contribution in [0.4, 0.5) is 0 Å². The standard InChI is InChI=1S/C21H36N2O/c1-6-7-16-24-20-10-8-18(9-11-20)17-22(5)19-12-14-23(15-13-19)21(2,3)4/h8-11,19H,6-7,12-17H2,1-5H3. The molecule has 0 atom stereocenters. The van der Waals surface area contributed by atoms with Crippen molar-refractivity contribution < 1.29 is 4.74 Å². The summed E-state index contributed by atoms with van der Waals surface area (Å²) in [4.78, 5) is 5.13. The minimum Gasteiger partial charge on any atom is -0.494 e. The summed E-state index contributed by atoms with van der Waals surface area (Å²) in [5, 5.41) is 0. The summed E-state index contributed by atoms with van der Waals surface area (Å²) in [6.07, 6.45) is 4.84. The predicted octanol–water partition coefficient (Wildman–Crippen LogP) is 4.56. The number of piperidine rings is 1. The van der Waals surface area contributed by atoms with Gasteiger partial charge in [-0.05, 0) is 64.8 Å². The zero-order valence-corrected chi connectivity index (χ0v) is 16.3. The lowest BCUT2D eigenvalue weighted by Gasteiger charge is -2.43. The molecule has 1 aromatic carbocycles. The highest BCUT2D eigenvalue weighted by atomic mass is 16.5. The fourth-order valence-electron chi connectivity index (χ4n) is 3.42. The molecule has 1 aliphatic heterocycles. The summed E-state index contributed by atoms with van der Waals surface area (Å²) < 4.78 is 5.75. The molecule has 24 heavy (non-hydrogen) atoms. The van der Waals surface area contributed by atoms with Crippen molar-refractivity contribution in [2.45, 2.75) is 71.5 Å². The van der Waals surface area contributed by atoms with Crippen molar-refractivity contribution in [3.63, 3.8) is 0 Å². The highest BCUT2D eigenvalue weighted by Crippen LogP contribution is 2.23. The maximum Gasteiger partial charge on any atom is 0.119 e. The largest absolute Gasteiger partial charge is 0.494 e. The van der Waals surface area contributed by atoms with Crippen molar-refractivity contribution >= 4 is 0 Å². The number of rotatable bonds is 7. The van der Waals surface area contributed by atoms with Crippen LogP contribution in [0, 0.1) is 0 Å². The summed E-state index contributed by atoms with van der Waals surface area (Å²) in [7, 11) is 2.27. The molecule has 0 saturated carbocycles. The van der Waals surface area contributed by atoms with Gasteiger partial charge in [-0.15, -0.1) is 0 Å². The monoisotopic (exact) mass is 332 g/mol. The van der Waals surface area contributed by atoms with Gasteiger partial charge in [0.1, 0.15) is 5.75 Å². The zero-order chi connectivity index (χ0) is 17.6. The van der Waals surface area contributed by atoms with E-state index in [-0.39, 0.29) is 0 Å². The van der Waals surface area contributed by atoms with E-state index in [0.717, 1.165) is 25.3 Å². The lowest BCUT2D eigenvalue weighted by Crippen LogP contribution is -2.50. The highest BCUT2D eigenvalue weighted by molar-refractivity contribution is 5.27. The maximum absolute atomic E-state index is 5.75. The Bertz CT molecular complexity index is 470. The molecule has 136 valence electrons. The second kappa shape index (κ2) is 8.87. The summed E-state index contributed by atoms with van der Waals surface area (Å²) in [6.45, 7) is 13.4. The van der Waals surface area contributed by atoms with E-state index in [2.05, 4.69) is 68.8 Å². The van der Waals surface area contributed by atoms with Crippen molar-refractivity contribution in [3.05, 3.63) is 29.8 Å². The Morgan fingerprint density at radius 1 is 1.12 bits per heavy atom. The summed E-state index contributed by atoms with van der Waals surface area (Å²) >= 11 is 0. The molecule has 0 spiro atoms. The van der Waals surface area contributed by atoms with Crippen LogP contribution in [0.1, 0.15) is 58.9 Å². The van der Waals surface area contributed by atoms with E-state index in [9.17, 15) is 0 Å². The van der Waals surface area contributed by atoms with Gasteiger partial charge >= 0.3 is 0 Å². The molecule has 1 aromatic rings. The molecular formula is C21H36N2O. The molecule has 0 unspecified atom stereocenters. The Morgan fingerprint density at radius 3 is 2.29 bits per heavy atom. The molecule has 0 amide bonds. The van der Waals surface area contributed by atoms with Crippen molar-refractivity contribution in [1.29, 1.82) is 0 Å². The van der Waals surface area contributed by atoms with Gasteiger partial charge in [-0.1, -0.05) is 25.5 Å². The summed E-state index contributed by atoms with van der Waals surface area (Å²) in [5.41, 5.74) is 1.68. The first kappa shape index (κ1) is 19.3. The molecule has 3 nitrogen and oxygen atoms in total. The van der Waals surface area contributed by atoms with Gasteiger partial charge in [0.2, 0.25) is 0 Å². The van der Waals surface area contributed by atoms with E-state index < -0.39 is 0 Å². The first-order valence-electron chi connectivity index (χ1n) is 9.57. The zero-order valence-electron chi connectivity index (χ0n) is 16.3. The van der Waals surface area contributed by atoms with Gasteiger partial charge in [0.05, 0.1) is 6.61 Å². The summed E-state index contributed by atoms with van der Waals surface area (Å²) in [6, 6.07) is 9.34. The molecule has 3 heteroatoms. The molecule has 1 heterocycles. The van der Waals surface area contributed by atoms with E-state index in [1.807, 2.05) is 0 Å².